The van der Waals surface area contributed by atoms with Gasteiger partial charge in [-0.3, -0.25) is 0 Å². The fourth-order valence-corrected chi connectivity index (χ4v) is 1.90. The summed E-state index contributed by atoms with van der Waals surface area (Å²) in [7, 11) is 0. The summed E-state index contributed by atoms with van der Waals surface area (Å²) in [4.78, 5) is 0. The van der Waals surface area contributed by atoms with E-state index in [1.807, 2.05) is 26.0 Å². The first-order valence-corrected chi connectivity index (χ1v) is 6.27. The zero-order valence-corrected chi connectivity index (χ0v) is 11.4. The molecule has 96 valence electrons. The Morgan fingerprint density at radius 2 is 2.12 bits per heavy atom. The molecule has 0 aliphatic carbocycles. The maximum Gasteiger partial charge on any atom is 0.272 e. The summed E-state index contributed by atoms with van der Waals surface area (Å²) in [6.45, 7) is 4.20. The summed E-state index contributed by atoms with van der Waals surface area (Å²) in [6.07, 6.45) is -2.46. The van der Waals surface area contributed by atoms with Crippen molar-refractivity contribution in [3.63, 3.8) is 0 Å². The van der Waals surface area contributed by atoms with Crippen LogP contribution in [0, 0.1) is 0 Å². The van der Waals surface area contributed by atoms with Crippen molar-refractivity contribution in [1.29, 1.82) is 0 Å². The van der Waals surface area contributed by atoms with Gasteiger partial charge in [-0.15, -0.1) is 0 Å². The van der Waals surface area contributed by atoms with Crippen molar-refractivity contribution in [1.82, 2.24) is 5.32 Å². The van der Waals surface area contributed by atoms with Crippen LogP contribution in [-0.4, -0.2) is 19.6 Å². The standard InChI is InChI=1S/C12H16BrF2NO/c1-3-16-8(2)10-5-4-9(13)6-11(10)17-7-12(14)15/h4-6,8,12,16H,3,7H2,1-2H3. The van der Waals surface area contributed by atoms with E-state index in [0.29, 0.717) is 5.75 Å². The molecule has 0 aromatic heterocycles. The van der Waals surface area contributed by atoms with Crippen molar-refractivity contribution in [2.75, 3.05) is 13.2 Å². The van der Waals surface area contributed by atoms with Gasteiger partial charge in [-0.05, 0) is 25.6 Å². The summed E-state index contributed by atoms with van der Waals surface area (Å²) in [6, 6.07) is 5.53. The number of hydrogen-bond donors (Lipinski definition) is 1. The molecule has 0 radical (unpaired) electrons. The fraction of sp³-hybridized carbons (Fsp3) is 0.500. The smallest absolute Gasteiger partial charge is 0.272 e. The molecular weight excluding hydrogens is 292 g/mol. The number of nitrogens with one attached hydrogen (secondary N) is 1. The molecule has 1 unspecified atom stereocenters. The summed E-state index contributed by atoms with van der Waals surface area (Å²) < 4.78 is 30.2. The molecule has 0 amide bonds. The van der Waals surface area contributed by atoms with Crippen LogP contribution in [0.4, 0.5) is 8.78 Å². The van der Waals surface area contributed by atoms with Crippen LogP contribution < -0.4 is 10.1 Å². The molecule has 0 spiro atoms. The molecule has 1 aromatic carbocycles. The van der Waals surface area contributed by atoms with Crippen LogP contribution in [-0.2, 0) is 0 Å². The second-order valence-electron chi connectivity index (χ2n) is 3.66. The summed E-state index contributed by atoms with van der Waals surface area (Å²) in [5.41, 5.74) is 0.885. The Morgan fingerprint density at radius 3 is 2.71 bits per heavy atom. The Bertz CT molecular complexity index is 360. The number of halogens is 3. The average Bonchev–Trinajstić information content (AvgIpc) is 2.26. The van der Waals surface area contributed by atoms with Crippen molar-refractivity contribution in [3.05, 3.63) is 28.2 Å². The van der Waals surface area contributed by atoms with Gasteiger partial charge in [0.15, 0.2) is 0 Å². The predicted octanol–water partition coefficient (Wildman–Crippen LogP) is 3.76. The van der Waals surface area contributed by atoms with Crippen molar-refractivity contribution < 1.29 is 13.5 Å². The van der Waals surface area contributed by atoms with Crippen molar-refractivity contribution in [2.24, 2.45) is 0 Å². The molecule has 0 bridgehead atoms. The predicted molar refractivity (Wildman–Crippen MR) is 67.7 cm³/mol. The molecule has 1 rings (SSSR count). The van der Waals surface area contributed by atoms with Crippen LogP contribution in [0.25, 0.3) is 0 Å². The van der Waals surface area contributed by atoms with Crippen molar-refractivity contribution in [2.45, 2.75) is 26.3 Å². The minimum atomic E-state index is -2.46. The number of hydrogen-bond acceptors (Lipinski definition) is 2. The Labute approximate surface area is 108 Å². The molecule has 1 aromatic rings. The third kappa shape index (κ3) is 4.60. The SMILES string of the molecule is CCNC(C)c1ccc(Br)cc1OCC(F)F. The van der Waals surface area contributed by atoms with Gasteiger partial charge in [0.05, 0.1) is 0 Å². The summed E-state index contributed by atoms with van der Waals surface area (Å²) in [5, 5.41) is 3.23. The van der Waals surface area contributed by atoms with Gasteiger partial charge in [0.2, 0.25) is 0 Å². The lowest BCUT2D eigenvalue weighted by Gasteiger charge is -2.18. The molecule has 0 fully saturated rings. The minimum Gasteiger partial charge on any atom is -0.487 e. The monoisotopic (exact) mass is 307 g/mol. The van der Waals surface area contributed by atoms with E-state index in [0.717, 1.165) is 16.6 Å². The van der Waals surface area contributed by atoms with Crippen LogP contribution in [0.15, 0.2) is 22.7 Å². The Morgan fingerprint density at radius 1 is 1.41 bits per heavy atom. The molecule has 17 heavy (non-hydrogen) atoms. The molecule has 1 atom stereocenters. The van der Waals surface area contributed by atoms with Gasteiger partial charge in [0.1, 0.15) is 12.4 Å². The van der Waals surface area contributed by atoms with E-state index in [4.69, 9.17) is 4.74 Å². The Hall–Kier alpha value is -0.680. The van der Waals surface area contributed by atoms with Gasteiger partial charge >= 0.3 is 0 Å². The molecule has 0 heterocycles. The first-order valence-electron chi connectivity index (χ1n) is 5.48. The Kier molecular flexibility index (Phi) is 5.85. The van der Waals surface area contributed by atoms with Gasteiger partial charge in [-0.2, -0.15) is 0 Å². The van der Waals surface area contributed by atoms with Gasteiger partial charge in [-0.25, -0.2) is 8.78 Å². The van der Waals surface area contributed by atoms with Gasteiger partial charge in [0, 0.05) is 16.1 Å². The van der Waals surface area contributed by atoms with Crippen LogP contribution >= 0.6 is 15.9 Å². The van der Waals surface area contributed by atoms with Crippen molar-refractivity contribution >= 4 is 15.9 Å². The van der Waals surface area contributed by atoms with E-state index in [9.17, 15) is 8.78 Å². The average molecular weight is 308 g/mol. The maximum absolute atomic E-state index is 12.1. The van der Waals surface area contributed by atoms with Gasteiger partial charge in [-0.1, -0.05) is 28.9 Å². The highest BCUT2D eigenvalue weighted by atomic mass is 79.9. The van der Waals surface area contributed by atoms with Gasteiger partial charge in [0.25, 0.3) is 6.43 Å². The second kappa shape index (κ2) is 6.91. The molecule has 0 aliphatic rings. The molecule has 1 N–H and O–H groups in total. The highest BCUT2D eigenvalue weighted by molar-refractivity contribution is 9.10. The zero-order chi connectivity index (χ0) is 12.8. The topological polar surface area (TPSA) is 21.3 Å². The first kappa shape index (κ1) is 14.4. The molecule has 0 aliphatic heterocycles. The van der Waals surface area contributed by atoms with E-state index < -0.39 is 13.0 Å². The number of alkyl halides is 2. The number of benzene rings is 1. The van der Waals surface area contributed by atoms with Gasteiger partial charge < -0.3 is 10.1 Å². The van der Waals surface area contributed by atoms with E-state index in [2.05, 4.69) is 21.2 Å². The lowest BCUT2D eigenvalue weighted by Crippen LogP contribution is -2.19. The maximum atomic E-state index is 12.1. The van der Waals surface area contributed by atoms with Crippen LogP contribution in [0.1, 0.15) is 25.5 Å². The molecule has 5 heteroatoms. The molecule has 2 nitrogen and oxygen atoms in total. The molecule has 0 saturated heterocycles. The van der Waals surface area contributed by atoms with Crippen LogP contribution in [0.5, 0.6) is 5.75 Å². The summed E-state index contributed by atoms with van der Waals surface area (Å²) >= 11 is 3.30. The fourth-order valence-electron chi connectivity index (χ4n) is 1.56. The first-order chi connectivity index (χ1) is 8.04. The normalized spacial score (nSPS) is 12.8. The highest BCUT2D eigenvalue weighted by Gasteiger charge is 2.13. The highest BCUT2D eigenvalue weighted by Crippen LogP contribution is 2.28. The van der Waals surface area contributed by atoms with E-state index in [-0.39, 0.29) is 6.04 Å². The van der Waals surface area contributed by atoms with E-state index >= 15 is 0 Å². The van der Waals surface area contributed by atoms with E-state index in [1.54, 1.807) is 6.07 Å². The summed E-state index contributed by atoms with van der Waals surface area (Å²) in [5.74, 6) is 0.494. The lowest BCUT2D eigenvalue weighted by atomic mass is 10.1. The Balaban J connectivity index is 2.87. The van der Waals surface area contributed by atoms with Crippen molar-refractivity contribution in [3.8, 4) is 5.75 Å². The third-order valence-electron chi connectivity index (χ3n) is 2.32. The number of rotatable bonds is 6. The molecule has 0 saturated carbocycles. The molecular formula is C12H16BrF2NO. The van der Waals surface area contributed by atoms with Crippen LogP contribution in [0.3, 0.4) is 0 Å². The zero-order valence-electron chi connectivity index (χ0n) is 9.84. The lowest BCUT2D eigenvalue weighted by molar-refractivity contribution is 0.0811. The second-order valence-corrected chi connectivity index (χ2v) is 4.58. The largest absolute Gasteiger partial charge is 0.487 e. The minimum absolute atomic E-state index is 0.0702. The van der Waals surface area contributed by atoms with Crippen LogP contribution in [0.2, 0.25) is 0 Å². The quantitative estimate of drug-likeness (QED) is 0.864. The number of ether oxygens (including phenoxy) is 1. The van der Waals surface area contributed by atoms with E-state index in [1.165, 1.54) is 0 Å². The third-order valence-corrected chi connectivity index (χ3v) is 2.81.